The molecule has 1 aromatic carbocycles. The molecule has 1 aromatic heterocycles. The van der Waals surface area contributed by atoms with Gasteiger partial charge in [-0.1, -0.05) is 0 Å². The van der Waals surface area contributed by atoms with Gasteiger partial charge < -0.3 is 5.32 Å². The van der Waals surface area contributed by atoms with Gasteiger partial charge in [-0.05, 0) is 6.07 Å². The summed E-state index contributed by atoms with van der Waals surface area (Å²) in [5.74, 6) is -12.2. The summed E-state index contributed by atoms with van der Waals surface area (Å²) in [6.45, 7) is -1.08. The van der Waals surface area contributed by atoms with Crippen LogP contribution in [0.5, 0.6) is 0 Å². The number of carbonyl (C=O) groups is 1. The molecule has 2 rings (SSSR count). The second-order valence-electron chi connectivity index (χ2n) is 4.95. The largest absolute Gasteiger partial charge is 0.435 e. The quantitative estimate of drug-likeness (QED) is 0.613. The molecule has 14 heteroatoms. The van der Waals surface area contributed by atoms with Crippen molar-refractivity contribution < 1.29 is 48.7 Å². The number of carbonyl (C=O) groups excluding carboxylic acids is 1. The molecular formula is C13H5F10N3O. The zero-order chi connectivity index (χ0) is 20.7. The number of amides is 1. The van der Waals surface area contributed by atoms with Gasteiger partial charge in [-0.25, -0.2) is 17.6 Å². The highest BCUT2D eigenvalue weighted by Crippen LogP contribution is 2.38. The second-order valence-corrected chi connectivity index (χ2v) is 4.95. The Morgan fingerprint density at radius 2 is 1.44 bits per heavy atom. The summed E-state index contributed by atoms with van der Waals surface area (Å²) in [6.07, 6.45) is -9.94. The van der Waals surface area contributed by atoms with Gasteiger partial charge in [0.15, 0.2) is 29.0 Å². The molecule has 0 radical (unpaired) electrons. The van der Waals surface area contributed by atoms with E-state index in [1.54, 1.807) is 0 Å². The summed E-state index contributed by atoms with van der Waals surface area (Å²) in [6, 6.07) is 0.464. The van der Waals surface area contributed by atoms with E-state index in [1.165, 1.54) is 5.32 Å². The van der Waals surface area contributed by atoms with E-state index in [0.717, 1.165) is 0 Å². The average molecular weight is 409 g/mol. The van der Waals surface area contributed by atoms with Gasteiger partial charge in [0.2, 0.25) is 5.91 Å². The molecule has 0 bridgehead atoms. The fraction of sp³-hybridized carbons (Fsp3) is 0.231. The van der Waals surface area contributed by atoms with Crippen molar-refractivity contribution >= 4 is 11.6 Å². The van der Waals surface area contributed by atoms with Gasteiger partial charge in [-0.2, -0.15) is 31.4 Å². The van der Waals surface area contributed by atoms with Crippen molar-refractivity contribution in [2.45, 2.75) is 18.9 Å². The molecule has 148 valence electrons. The third kappa shape index (κ3) is 4.14. The molecule has 27 heavy (non-hydrogen) atoms. The van der Waals surface area contributed by atoms with E-state index in [-0.39, 0.29) is 0 Å². The number of nitrogens with one attached hydrogen (secondary N) is 1. The molecule has 0 saturated heterocycles. The SMILES string of the molecule is O=C(Cn1ccc(C(F)(F)F)n1)Nc1c(F)c(F)c(C(F)(F)F)c(F)c1F. The Labute approximate surface area is 142 Å². The summed E-state index contributed by atoms with van der Waals surface area (Å²) >= 11 is 0. The highest BCUT2D eigenvalue weighted by atomic mass is 19.4. The predicted molar refractivity (Wildman–Crippen MR) is 67.1 cm³/mol. The van der Waals surface area contributed by atoms with E-state index < -0.39 is 65.0 Å². The van der Waals surface area contributed by atoms with E-state index in [0.29, 0.717) is 16.9 Å². The lowest BCUT2D eigenvalue weighted by Crippen LogP contribution is -2.23. The number of aromatic nitrogens is 2. The van der Waals surface area contributed by atoms with E-state index in [9.17, 15) is 48.7 Å². The fourth-order valence-electron chi connectivity index (χ4n) is 1.92. The molecule has 0 unspecified atom stereocenters. The Morgan fingerprint density at radius 3 is 1.85 bits per heavy atom. The van der Waals surface area contributed by atoms with Crippen LogP contribution in [0.2, 0.25) is 0 Å². The van der Waals surface area contributed by atoms with Crippen molar-refractivity contribution in [3.8, 4) is 0 Å². The number of benzene rings is 1. The van der Waals surface area contributed by atoms with Gasteiger partial charge in [0.25, 0.3) is 0 Å². The van der Waals surface area contributed by atoms with Crippen molar-refractivity contribution in [3.63, 3.8) is 0 Å². The molecule has 0 aliphatic carbocycles. The van der Waals surface area contributed by atoms with Gasteiger partial charge in [0, 0.05) is 6.20 Å². The Kier molecular flexibility index (Phi) is 5.12. The first-order valence-electron chi connectivity index (χ1n) is 6.57. The van der Waals surface area contributed by atoms with Crippen molar-refractivity contribution in [3.05, 3.63) is 46.8 Å². The monoisotopic (exact) mass is 409 g/mol. The van der Waals surface area contributed by atoms with Gasteiger partial charge in [0.1, 0.15) is 17.8 Å². The third-order valence-corrected chi connectivity index (χ3v) is 3.05. The standard InChI is InChI=1S/C13H5F10N3O/c14-7-6(13(21,22)23)8(15)10(17)11(9(7)16)24-5(27)3-26-2-1-4(25-26)12(18,19)20/h1-2H,3H2,(H,24,27). The molecule has 0 spiro atoms. The van der Waals surface area contributed by atoms with Crippen LogP contribution in [-0.2, 0) is 23.7 Å². The molecule has 1 amide bonds. The summed E-state index contributed by atoms with van der Waals surface area (Å²) in [4.78, 5) is 11.6. The third-order valence-electron chi connectivity index (χ3n) is 3.05. The molecule has 2 aromatic rings. The van der Waals surface area contributed by atoms with E-state index in [1.807, 2.05) is 0 Å². The summed E-state index contributed by atoms with van der Waals surface area (Å²) in [7, 11) is 0. The lowest BCUT2D eigenvalue weighted by atomic mass is 10.1. The van der Waals surface area contributed by atoms with Crippen LogP contribution in [-0.4, -0.2) is 15.7 Å². The summed E-state index contributed by atoms with van der Waals surface area (Å²) < 4.78 is 129. The van der Waals surface area contributed by atoms with Crippen LogP contribution < -0.4 is 5.32 Å². The van der Waals surface area contributed by atoms with Gasteiger partial charge in [-0.3, -0.25) is 9.48 Å². The second kappa shape index (κ2) is 6.74. The molecule has 0 aliphatic rings. The first-order chi connectivity index (χ1) is 12.2. The Bertz CT molecular complexity index is 855. The minimum absolute atomic E-state index is 0.380. The number of hydrogen-bond donors (Lipinski definition) is 1. The van der Waals surface area contributed by atoms with Crippen molar-refractivity contribution in [1.29, 1.82) is 0 Å². The van der Waals surface area contributed by atoms with Crippen LogP contribution in [0.1, 0.15) is 11.3 Å². The highest BCUT2D eigenvalue weighted by molar-refractivity contribution is 5.90. The van der Waals surface area contributed by atoms with Crippen LogP contribution in [0.25, 0.3) is 0 Å². The summed E-state index contributed by atoms with van der Waals surface area (Å²) in [5, 5.41) is 4.19. The van der Waals surface area contributed by atoms with Crippen molar-refractivity contribution in [2.75, 3.05) is 5.32 Å². The van der Waals surface area contributed by atoms with Gasteiger partial charge >= 0.3 is 12.4 Å². The molecule has 0 saturated carbocycles. The number of anilines is 1. The van der Waals surface area contributed by atoms with Crippen LogP contribution in [0, 0.1) is 23.3 Å². The Balaban J connectivity index is 2.30. The van der Waals surface area contributed by atoms with Crippen LogP contribution in [0.15, 0.2) is 12.3 Å². The van der Waals surface area contributed by atoms with Gasteiger partial charge in [-0.15, -0.1) is 0 Å². The molecule has 1 N–H and O–H groups in total. The first-order valence-corrected chi connectivity index (χ1v) is 6.57. The average Bonchev–Trinajstić information content (AvgIpc) is 2.97. The number of alkyl halides is 6. The zero-order valence-corrected chi connectivity index (χ0v) is 12.4. The summed E-state index contributed by atoms with van der Waals surface area (Å²) in [5.41, 5.74) is -6.11. The van der Waals surface area contributed by atoms with Crippen molar-refractivity contribution in [2.24, 2.45) is 0 Å². The highest BCUT2D eigenvalue weighted by Gasteiger charge is 2.42. The normalized spacial score (nSPS) is 12.4. The van der Waals surface area contributed by atoms with Crippen LogP contribution in [0.3, 0.4) is 0 Å². The first kappa shape index (κ1) is 20.5. The topological polar surface area (TPSA) is 46.9 Å². The maximum Gasteiger partial charge on any atom is 0.435 e. The van der Waals surface area contributed by atoms with Crippen LogP contribution >= 0.6 is 0 Å². The zero-order valence-electron chi connectivity index (χ0n) is 12.4. The molecule has 4 nitrogen and oxygen atoms in total. The van der Waals surface area contributed by atoms with Crippen molar-refractivity contribution in [1.82, 2.24) is 9.78 Å². The van der Waals surface area contributed by atoms with E-state index in [4.69, 9.17) is 0 Å². The minimum Gasteiger partial charge on any atom is -0.319 e. The lowest BCUT2D eigenvalue weighted by Gasteiger charge is -2.14. The number of hydrogen-bond acceptors (Lipinski definition) is 2. The molecule has 0 atom stereocenters. The number of halogens is 10. The maximum absolute atomic E-state index is 13.6. The molecule has 0 fully saturated rings. The smallest absolute Gasteiger partial charge is 0.319 e. The Hall–Kier alpha value is -2.80. The Morgan fingerprint density at radius 1 is 0.926 bits per heavy atom. The molecular weight excluding hydrogens is 404 g/mol. The van der Waals surface area contributed by atoms with E-state index >= 15 is 0 Å². The van der Waals surface area contributed by atoms with E-state index in [2.05, 4.69) is 5.10 Å². The fourth-order valence-corrected chi connectivity index (χ4v) is 1.92. The lowest BCUT2D eigenvalue weighted by molar-refractivity contribution is -0.143. The predicted octanol–water partition coefficient (Wildman–Crippen LogP) is 4.12. The number of rotatable bonds is 3. The molecule has 1 heterocycles. The van der Waals surface area contributed by atoms with Gasteiger partial charge in [0.05, 0.1) is 0 Å². The maximum atomic E-state index is 13.6. The molecule has 0 aliphatic heterocycles. The minimum atomic E-state index is -5.76. The number of nitrogens with zero attached hydrogens (tertiary/aromatic N) is 2. The van der Waals surface area contributed by atoms with Crippen LogP contribution in [0.4, 0.5) is 49.6 Å².